The molecule has 1 aromatic heterocycles. The van der Waals surface area contributed by atoms with Gasteiger partial charge in [-0.25, -0.2) is 4.98 Å². The first-order valence-electron chi connectivity index (χ1n) is 11.1. The van der Waals surface area contributed by atoms with Crippen molar-refractivity contribution in [3.05, 3.63) is 91.7 Å². The number of carboxylic acid groups (broad SMARTS) is 1. The lowest BCUT2D eigenvalue weighted by molar-refractivity contribution is -0.133. The second-order valence-electron chi connectivity index (χ2n) is 8.31. The summed E-state index contributed by atoms with van der Waals surface area (Å²) in [7, 11) is -5.74. The fourth-order valence-corrected chi connectivity index (χ4v) is 6.65. The van der Waals surface area contributed by atoms with E-state index in [2.05, 4.69) is 15.9 Å². The molecule has 0 aliphatic rings. The first-order valence-corrected chi connectivity index (χ1v) is 16.1. The van der Waals surface area contributed by atoms with Crippen LogP contribution in [0.3, 0.4) is 0 Å². The number of hydrogen-bond acceptors (Lipinski definition) is 6. The predicted molar refractivity (Wildman–Crippen MR) is 158 cm³/mol. The molecule has 0 saturated carbocycles. The fraction of sp³-hybridized carbons (Fsp3) is 0.120. The summed E-state index contributed by atoms with van der Waals surface area (Å²) in [6.07, 6.45) is 0. The minimum absolute atomic E-state index is 0.0488. The molecule has 4 rings (SSSR count). The van der Waals surface area contributed by atoms with E-state index in [1.54, 1.807) is 23.1 Å². The van der Waals surface area contributed by atoms with E-state index in [1.807, 2.05) is 29.6 Å². The summed E-state index contributed by atoms with van der Waals surface area (Å²) in [5.41, 5.74) is -2.55. The van der Waals surface area contributed by atoms with Crippen molar-refractivity contribution in [3.63, 3.8) is 0 Å². The van der Waals surface area contributed by atoms with Gasteiger partial charge in [0, 0.05) is 31.6 Å². The summed E-state index contributed by atoms with van der Waals surface area (Å²) in [5, 5.41) is 11.9. The van der Waals surface area contributed by atoms with Crippen molar-refractivity contribution in [1.82, 2.24) is 4.98 Å². The van der Waals surface area contributed by atoms with Gasteiger partial charge >= 0.3 is 19.2 Å². The Kier molecular flexibility index (Phi) is 9.64. The number of nitrogens with zero attached hydrogens (tertiary/aromatic N) is 2. The average molecular weight is 710 g/mol. The Hall–Kier alpha value is -2.02. The van der Waals surface area contributed by atoms with Gasteiger partial charge in [0.15, 0.2) is 5.13 Å². The zero-order chi connectivity index (χ0) is 29.2. The molecule has 0 aliphatic heterocycles. The van der Waals surface area contributed by atoms with E-state index in [-0.39, 0.29) is 16.8 Å². The molecule has 0 aliphatic carbocycles. The topological polar surface area (TPSA) is 111 Å². The number of halogens is 5. The van der Waals surface area contributed by atoms with Crippen molar-refractivity contribution in [2.75, 3.05) is 10.7 Å². The third-order valence-electron chi connectivity index (χ3n) is 5.51. The van der Waals surface area contributed by atoms with Gasteiger partial charge in [-0.3, -0.25) is 9.36 Å². The molecule has 0 saturated heterocycles. The van der Waals surface area contributed by atoms with Crippen molar-refractivity contribution in [3.8, 4) is 11.3 Å². The third kappa shape index (κ3) is 7.06. The van der Waals surface area contributed by atoms with E-state index in [0.717, 1.165) is 16.5 Å². The number of hydrogen-bond donors (Lipinski definition) is 3. The van der Waals surface area contributed by atoms with Crippen LogP contribution in [0.1, 0.15) is 11.1 Å². The van der Waals surface area contributed by atoms with Crippen LogP contribution in [0.2, 0.25) is 10.0 Å². The van der Waals surface area contributed by atoms with Gasteiger partial charge in [0.25, 0.3) is 0 Å². The smallest absolute Gasteiger partial charge is 0.399 e. The molecule has 40 heavy (non-hydrogen) atoms. The number of alkyl halides is 2. The Morgan fingerprint density at radius 3 is 2.38 bits per heavy atom. The van der Waals surface area contributed by atoms with E-state index in [1.165, 1.54) is 35.2 Å². The largest absolute Gasteiger partial charge is 0.481 e. The minimum Gasteiger partial charge on any atom is -0.481 e. The van der Waals surface area contributed by atoms with Gasteiger partial charge in [0.1, 0.15) is 0 Å². The molecular weight excluding hydrogens is 692 g/mol. The highest BCUT2D eigenvalue weighted by Crippen LogP contribution is 2.60. The van der Waals surface area contributed by atoms with Crippen LogP contribution in [0.15, 0.2) is 75.4 Å². The minimum atomic E-state index is -5.74. The number of rotatable bonds is 10. The SMILES string of the molecule is O=C(O)CSc1ccc(-c2csc(N(Cc3ccc(C(F)(F)P(=O)(O)O)c(Br)c3)c3ccc(Cl)c(Cl)c3)n2)cc1. The van der Waals surface area contributed by atoms with Crippen LogP contribution in [-0.2, 0) is 21.6 Å². The standard InChI is InChI=1S/C25H18BrCl2F2N2O5PS2/c26-19-9-14(1-7-18(19)25(29,30)38(35,36)37)11-32(16-4-8-20(27)21(28)10-16)24-31-22(12-40-24)15-2-5-17(6-3-15)39-13-23(33)34/h1-10,12H,11,13H2,(H,33,34)(H2,35,36,37). The van der Waals surface area contributed by atoms with Crippen molar-refractivity contribution in [2.45, 2.75) is 17.1 Å². The van der Waals surface area contributed by atoms with E-state index < -0.39 is 24.8 Å². The molecule has 0 unspecified atom stereocenters. The molecule has 7 nitrogen and oxygen atoms in total. The van der Waals surface area contributed by atoms with Crippen molar-refractivity contribution in [2.24, 2.45) is 0 Å². The first kappa shape index (κ1) is 30.9. The lowest BCUT2D eigenvalue weighted by atomic mass is 10.1. The summed E-state index contributed by atoms with van der Waals surface area (Å²) in [6.45, 7) is 0.149. The molecule has 3 aromatic carbocycles. The number of carboxylic acids is 1. The van der Waals surface area contributed by atoms with E-state index >= 15 is 0 Å². The molecule has 0 fully saturated rings. The van der Waals surface area contributed by atoms with Gasteiger partial charge in [0.2, 0.25) is 0 Å². The highest BCUT2D eigenvalue weighted by molar-refractivity contribution is 9.10. The van der Waals surface area contributed by atoms with E-state index in [9.17, 15) is 18.1 Å². The zero-order valence-electron chi connectivity index (χ0n) is 20.0. The Balaban J connectivity index is 1.67. The number of thioether (sulfide) groups is 1. The van der Waals surface area contributed by atoms with Crippen LogP contribution in [0, 0.1) is 0 Å². The summed E-state index contributed by atoms with van der Waals surface area (Å²) >= 11 is 17.9. The molecule has 4 aromatic rings. The van der Waals surface area contributed by atoms with Gasteiger partial charge in [-0.1, -0.05) is 63.4 Å². The maximum absolute atomic E-state index is 14.3. The lowest BCUT2D eigenvalue weighted by Gasteiger charge is -2.24. The van der Waals surface area contributed by atoms with Crippen molar-refractivity contribution in [1.29, 1.82) is 0 Å². The fourth-order valence-electron chi connectivity index (χ4n) is 3.55. The number of aromatic nitrogens is 1. The highest BCUT2D eigenvalue weighted by Gasteiger charge is 2.51. The quantitative estimate of drug-likeness (QED) is 0.111. The molecule has 0 atom stereocenters. The van der Waals surface area contributed by atoms with Crippen LogP contribution in [0.25, 0.3) is 11.3 Å². The second-order valence-corrected chi connectivity index (χ2v) is 13.5. The normalized spacial score (nSPS) is 12.0. The van der Waals surface area contributed by atoms with Gasteiger partial charge in [-0.15, -0.1) is 23.1 Å². The molecule has 0 amide bonds. The highest BCUT2D eigenvalue weighted by atomic mass is 79.9. The Morgan fingerprint density at radius 1 is 1.07 bits per heavy atom. The van der Waals surface area contributed by atoms with Gasteiger partial charge in [-0.2, -0.15) is 8.78 Å². The predicted octanol–water partition coefficient (Wildman–Crippen LogP) is 8.62. The Bertz CT molecular complexity index is 1600. The summed E-state index contributed by atoms with van der Waals surface area (Å²) in [4.78, 5) is 36.4. The number of thiazole rings is 1. The van der Waals surface area contributed by atoms with Crippen LogP contribution in [0.5, 0.6) is 0 Å². The van der Waals surface area contributed by atoms with Gasteiger partial charge in [0.05, 0.1) is 28.0 Å². The zero-order valence-corrected chi connectivity index (χ0v) is 25.6. The molecule has 210 valence electrons. The lowest BCUT2D eigenvalue weighted by Crippen LogP contribution is -2.18. The van der Waals surface area contributed by atoms with Crippen LogP contribution in [0.4, 0.5) is 19.6 Å². The molecule has 3 N–H and O–H groups in total. The molecular formula is C25H18BrCl2F2N2O5PS2. The van der Waals surface area contributed by atoms with Crippen molar-refractivity contribution >= 4 is 86.6 Å². The molecule has 1 heterocycles. The molecule has 15 heteroatoms. The molecule has 0 spiro atoms. The summed E-state index contributed by atoms with van der Waals surface area (Å²) in [5.74, 6) is -0.954. The number of anilines is 2. The monoisotopic (exact) mass is 708 g/mol. The van der Waals surface area contributed by atoms with E-state index in [0.29, 0.717) is 32.1 Å². The number of aliphatic carboxylic acids is 1. The van der Waals surface area contributed by atoms with Crippen molar-refractivity contribution < 1.29 is 33.0 Å². The number of benzene rings is 3. The van der Waals surface area contributed by atoms with Crippen LogP contribution in [-0.4, -0.2) is 31.6 Å². The average Bonchev–Trinajstić information content (AvgIpc) is 3.37. The third-order valence-corrected chi connectivity index (χ3v) is 9.74. The van der Waals surface area contributed by atoms with Crippen LogP contribution < -0.4 is 4.90 Å². The van der Waals surface area contributed by atoms with E-state index in [4.69, 9.17) is 43.1 Å². The maximum Gasteiger partial charge on any atom is 0.399 e. The second kappa shape index (κ2) is 12.5. The van der Waals surface area contributed by atoms with Gasteiger partial charge in [-0.05, 0) is 42.0 Å². The summed E-state index contributed by atoms with van der Waals surface area (Å²) < 4.78 is 39.9. The Labute approximate surface area is 254 Å². The molecule has 0 bridgehead atoms. The van der Waals surface area contributed by atoms with Gasteiger partial charge < -0.3 is 19.8 Å². The Morgan fingerprint density at radius 2 is 1.77 bits per heavy atom. The summed E-state index contributed by atoms with van der Waals surface area (Å²) in [6, 6.07) is 16.0. The maximum atomic E-state index is 14.3. The first-order chi connectivity index (χ1) is 18.8. The molecule has 0 radical (unpaired) electrons. The number of carbonyl (C=O) groups is 1. The van der Waals surface area contributed by atoms with Crippen LogP contribution >= 0.6 is 69.8 Å².